The van der Waals surface area contributed by atoms with Crippen LogP contribution >= 0.6 is 0 Å². The number of imide groups is 2. The summed E-state index contributed by atoms with van der Waals surface area (Å²) in [5, 5.41) is 3.75. The van der Waals surface area contributed by atoms with E-state index in [9.17, 15) is 19.2 Å². The first-order chi connectivity index (χ1) is 22.4. The lowest BCUT2D eigenvalue weighted by Crippen LogP contribution is -2.50. The first kappa shape index (κ1) is 28.2. The van der Waals surface area contributed by atoms with Crippen LogP contribution in [0, 0.1) is 11.8 Å². The number of carbonyl (C=O) groups excluding carboxylic acids is 4. The highest BCUT2D eigenvalue weighted by Gasteiger charge is 2.73. The van der Waals surface area contributed by atoms with Crippen LogP contribution in [0.1, 0.15) is 23.2 Å². The zero-order chi connectivity index (χ0) is 31.7. The van der Waals surface area contributed by atoms with Gasteiger partial charge in [0.1, 0.15) is 23.6 Å². The second-order valence-corrected chi connectivity index (χ2v) is 11.8. The van der Waals surface area contributed by atoms with E-state index in [0.717, 1.165) is 11.1 Å². The average molecular weight is 615 g/mol. The summed E-state index contributed by atoms with van der Waals surface area (Å²) < 4.78 is 10.6. The van der Waals surface area contributed by atoms with E-state index < -0.39 is 47.8 Å². The summed E-state index contributed by atoms with van der Waals surface area (Å²) in [7, 11) is 3.11. The van der Waals surface area contributed by atoms with Gasteiger partial charge < -0.3 is 9.47 Å². The second kappa shape index (κ2) is 10.6. The minimum absolute atomic E-state index is 0.351. The van der Waals surface area contributed by atoms with Crippen molar-refractivity contribution >= 4 is 35.0 Å². The van der Waals surface area contributed by atoms with Crippen molar-refractivity contribution in [1.82, 2.24) is 10.0 Å². The first-order valence-electron chi connectivity index (χ1n) is 15.1. The Kier molecular flexibility index (Phi) is 6.52. The van der Waals surface area contributed by atoms with Crippen molar-refractivity contribution in [2.75, 3.05) is 24.0 Å². The smallest absolute Gasteiger partial charge is 0.253 e. The molecule has 0 aromatic heterocycles. The van der Waals surface area contributed by atoms with Crippen LogP contribution in [0.5, 0.6) is 11.5 Å². The van der Waals surface area contributed by atoms with E-state index in [0.29, 0.717) is 22.9 Å². The van der Waals surface area contributed by atoms with Crippen LogP contribution in [0.3, 0.4) is 0 Å². The fourth-order valence-electron chi connectivity index (χ4n) is 7.77. The van der Waals surface area contributed by atoms with Crippen molar-refractivity contribution in [2.45, 2.75) is 24.2 Å². The third-order valence-electron chi connectivity index (χ3n) is 9.67. The topological polar surface area (TPSA) is 99.7 Å². The van der Waals surface area contributed by atoms with Crippen LogP contribution in [0.2, 0.25) is 0 Å². The monoisotopic (exact) mass is 614 g/mol. The molecule has 10 heteroatoms. The van der Waals surface area contributed by atoms with Gasteiger partial charge in [0.15, 0.2) is 0 Å². The lowest BCUT2D eigenvalue weighted by molar-refractivity contribution is -0.136. The van der Waals surface area contributed by atoms with E-state index in [1.54, 1.807) is 62.8 Å². The summed E-state index contributed by atoms with van der Waals surface area (Å²) in [6.45, 7) is 0. The molecule has 4 aliphatic rings. The maximum absolute atomic E-state index is 14.5. The third-order valence-corrected chi connectivity index (χ3v) is 9.67. The molecule has 0 N–H and O–H groups in total. The van der Waals surface area contributed by atoms with Gasteiger partial charge >= 0.3 is 0 Å². The Morgan fingerprint density at radius 1 is 0.435 bits per heavy atom. The summed E-state index contributed by atoms with van der Waals surface area (Å²) in [6.07, 6.45) is 0. The number of hydrogen-bond donors (Lipinski definition) is 0. The van der Waals surface area contributed by atoms with Gasteiger partial charge in [-0.15, -0.1) is 0 Å². The Morgan fingerprint density at radius 3 is 1.11 bits per heavy atom. The van der Waals surface area contributed by atoms with E-state index in [4.69, 9.17) is 9.47 Å². The lowest BCUT2D eigenvalue weighted by Gasteiger charge is -2.35. The molecule has 8 rings (SSSR count). The molecule has 0 radical (unpaired) electrons. The fraction of sp³-hybridized carbons (Fsp3) is 0.222. The summed E-state index contributed by atoms with van der Waals surface area (Å²) >= 11 is 0. The Labute approximate surface area is 265 Å². The van der Waals surface area contributed by atoms with E-state index in [1.807, 2.05) is 70.7 Å². The molecule has 230 valence electrons. The molecule has 0 aliphatic carbocycles. The van der Waals surface area contributed by atoms with Gasteiger partial charge in [-0.1, -0.05) is 60.7 Å². The minimum Gasteiger partial charge on any atom is -0.497 e. The Bertz CT molecular complexity index is 1710. The van der Waals surface area contributed by atoms with Crippen molar-refractivity contribution in [3.63, 3.8) is 0 Å². The van der Waals surface area contributed by atoms with E-state index in [2.05, 4.69) is 0 Å². The summed E-state index contributed by atoms with van der Waals surface area (Å²) in [6, 6.07) is 29.3. The highest BCUT2D eigenvalue weighted by Crippen LogP contribution is 2.59. The molecule has 4 fully saturated rings. The molecule has 6 atom stereocenters. The normalized spacial score (nSPS) is 27.3. The number of rotatable bonds is 6. The van der Waals surface area contributed by atoms with Crippen LogP contribution in [-0.4, -0.2) is 59.9 Å². The van der Waals surface area contributed by atoms with Crippen molar-refractivity contribution in [3.8, 4) is 11.5 Å². The first-order valence-corrected chi connectivity index (χ1v) is 15.1. The van der Waals surface area contributed by atoms with Crippen molar-refractivity contribution < 1.29 is 28.7 Å². The van der Waals surface area contributed by atoms with E-state index in [-0.39, 0.29) is 11.8 Å². The van der Waals surface area contributed by atoms with Crippen LogP contribution in [0.25, 0.3) is 0 Å². The highest BCUT2D eigenvalue weighted by atomic mass is 16.5. The number of methoxy groups -OCH3 is 2. The molecular weight excluding hydrogens is 584 g/mol. The molecule has 0 saturated carbocycles. The van der Waals surface area contributed by atoms with E-state index >= 15 is 0 Å². The molecule has 10 nitrogen and oxygen atoms in total. The maximum atomic E-state index is 14.5. The number of nitrogens with zero attached hydrogens (tertiary/aromatic N) is 4. The zero-order valence-corrected chi connectivity index (χ0v) is 25.1. The minimum atomic E-state index is -0.925. The van der Waals surface area contributed by atoms with Gasteiger partial charge in [0.25, 0.3) is 11.8 Å². The van der Waals surface area contributed by atoms with Gasteiger partial charge in [-0.2, -0.15) is 0 Å². The number of amides is 4. The van der Waals surface area contributed by atoms with Gasteiger partial charge in [0.05, 0.1) is 49.5 Å². The lowest BCUT2D eigenvalue weighted by atomic mass is 9.84. The Morgan fingerprint density at radius 2 is 0.783 bits per heavy atom. The van der Waals surface area contributed by atoms with Crippen LogP contribution in [0.4, 0.5) is 11.4 Å². The standard InChI is InChI=1S/C36H30N4O6/c1-45-25-17-13-23(14-18-25)37-33(41)27-29(21-9-5-3-6-10-21)40-32-28(30(22-11-7-4-8-12-22)39(40)31(27)35(37)43)34(42)38(36(32)44)24-15-19-26(46-2)20-16-24/h3-20,27-32H,1-2H3/t27-,28+,29-,30-,31-,32+/m0/s1. The molecular formula is C36H30N4O6. The van der Waals surface area contributed by atoms with Crippen LogP contribution in [0.15, 0.2) is 109 Å². The Balaban J connectivity index is 1.29. The molecule has 4 aliphatic heterocycles. The van der Waals surface area contributed by atoms with Gasteiger partial charge in [0.2, 0.25) is 11.8 Å². The zero-order valence-electron chi connectivity index (χ0n) is 25.1. The van der Waals surface area contributed by atoms with Gasteiger partial charge in [-0.25, -0.2) is 19.8 Å². The molecule has 4 aromatic rings. The van der Waals surface area contributed by atoms with Crippen molar-refractivity contribution in [1.29, 1.82) is 0 Å². The summed E-state index contributed by atoms with van der Waals surface area (Å²) in [5.41, 5.74) is 2.45. The van der Waals surface area contributed by atoms with Gasteiger partial charge in [-0.05, 0) is 59.7 Å². The molecule has 4 saturated heterocycles. The number of anilines is 2. The number of carbonyl (C=O) groups is 4. The molecule has 0 unspecified atom stereocenters. The summed E-state index contributed by atoms with van der Waals surface area (Å²) in [5.74, 6) is -1.92. The van der Waals surface area contributed by atoms with E-state index in [1.165, 1.54) is 9.80 Å². The molecule has 46 heavy (non-hydrogen) atoms. The quantitative estimate of drug-likeness (QED) is 0.299. The van der Waals surface area contributed by atoms with Crippen LogP contribution < -0.4 is 19.3 Å². The number of ether oxygens (including phenoxy) is 2. The van der Waals surface area contributed by atoms with Crippen LogP contribution in [-0.2, 0) is 19.2 Å². The summed E-state index contributed by atoms with van der Waals surface area (Å²) in [4.78, 5) is 60.3. The number of hydrazine groups is 1. The number of fused-ring (bicyclic) bond motifs is 5. The number of benzene rings is 4. The van der Waals surface area contributed by atoms with Gasteiger partial charge in [0, 0.05) is 0 Å². The predicted molar refractivity (Wildman–Crippen MR) is 168 cm³/mol. The van der Waals surface area contributed by atoms with Gasteiger partial charge in [-0.3, -0.25) is 19.2 Å². The molecule has 4 amide bonds. The molecule has 0 bridgehead atoms. The highest BCUT2D eigenvalue weighted by molar-refractivity contribution is 6.26. The largest absolute Gasteiger partial charge is 0.497 e. The van der Waals surface area contributed by atoms with Crippen molar-refractivity contribution in [3.05, 3.63) is 120 Å². The van der Waals surface area contributed by atoms with Crippen molar-refractivity contribution in [2.24, 2.45) is 11.8 Å². The SMILES string of the molecule is COc1ccc(N2C(=O)[C@@H]3[C@@H](C2=O)N2[C@@H](c4ccccc4)[C@H]4C(=O)N(c5ccc(OC)cc5)C(=O)[C@@H]4N2[C@H]3c2ccccc2)cc1. The predicted octanol–water partition coefficient (Wildman–Crippen LogP) is 4.15. The third kappa shape index (κ3) is 3.90. The molecule has 4 aromatic carbocycles. The molecule has 4 heterocycles. The Hall–Kier alpha value is -5.32. The molecule has 0 spiro atoms. The second-order valence-electron chi connectivity index (χ2n) is 11.8. The maximum Gasteiger partial charge on any atom is 0.253 e. The number of hydrogen-bond acceptors (Lipinski definition) is 8. The fourth-order valence-corrected chi connectivity index (χ4v) is 7.77. The average Bonchev–Trinajstić information content (AvgIpc) is 3.77.